The summed E-state index contributed by atoms with van der Waals surface area (Å²) in [6, 6.07) is 8.97. The molecule has 1 aromatic rings. The molecule has 0 fully saturated rings. The number of benzene rings is 1. The number of nitrogens with one attached hydrogen (secondary N) is 1. The van der Waals surface area contributed by atoms with Gasteiger partial charge in [-0.05, 0) is 18.6 Å². The molecular formula is C17H22N4O3. The van der Waals surface area contributed by atoms with Crippen LogP contribution in [0, 0.1) is 0 Å². The number of carbonyl (C=O) groups is 3. The molecule has 0 aliphatic carbocycles. The quantitative estimate of drug-likeness (QED) is 0.849. The number of rotatable bonds is 6. The van der Waals surface area contributed by atoms with Crippen LogP contribution in [-0.2, 0) is 14.4 Å². The summed E-state index contributed by atoms with van der Waals surface area (Å²) in [5.41, 5.74) is 0.903. The fourth-order valence-electron chi connectivity index (χ4n) is 2.31. The molecule has 0 unspecified atom stereocenters. The lowest BCUT2D eigenvalue weighted by Gasteiger charge is -2.25. The van der Waals surface area contributed by atoms with E-state index < -0.39 is 0 Å². The van der Waals surface area contributed by atoms with Crippen LogP contribution in [0.1, 0.15) is 26.2 Å². The Bertz CT molecular complexity index is 642. The van der Waals surface area contributed by atoms with Crippen LogP contribution >= 0.6 is 0 Å². The normalized spacial score (nSPS) is 14.2. The highest BCUT2D eigenvalue weighted by Gasteiger charge is 2.27. The van der Waals surface area contributed by atoms with Crippen molar-refractivity contribution in [3.63, 3.8) is 0 Å². The first-order chi connectivity index (χ1) is 11.5. The summed E-state index contributed by atoms with van der Waals surface area (Å²) >= 11 is 0. The summed E-state index contributed by atoms with van der Waals surface area (Å²) in [5, 5.41) is 8.18. The molecule has 1 N–H and O–H groups in total. The van der Waals surface area contributed by atoms with Gasteiger partial charge in [0.2, 0.25) is 11.8 Å². The number of likely N-dealkylation sites (N-methyl/N-ethyl adjacent to an activating group) is 1. The molecule has 3 amide bonds. The summed E-state index contributed by atoms with van der Waals surface area (Å²) < 4.78 is 0. The smallest absolute Gasteiger partial charge is 0.270 e. The van der Waals surface area contributed by atoms with E-state index >= 15 is 0 Å². The van der Waals surface area contributed by atoms with Crippen molar-refractivity contribution in [3.8, 4) is 0 Å². The lowest BCUT2D eigenvalue weighted by Crippen LogP contribution is -2.44. The van der Waals surface area contributed by atoms with Crippen molar-refractivity contribution in [1.82, 2.24) is 10.2 Å². The fraction of sp³-hybridized carbons (Fsp3) is 0.412. The second kappa shape index (κ2) is 8.24. The van der Waals surface area contributed by atoms with Crippen LogP contribution in [0.2, 0.25) is 0 Å². The third kappa shape index (κ3) is 4.41. The molecule has 7 nitrogen and oxygen atoms in total. The predicted octanol–water partition coefficient (Wildman–Crippen LogP) is 1.15. The number of anilines is 1. The van der Waals surface area contributed by atoms with E-state index in [1.54, 1.807) is 31.3 Å². The van der Waals surface area contributed by atoms with E-state index in [2.05, 4.69) is 10.4 Å². The summed E-state index contributed by atoms with van der Waals surface area (Å²) in [4.78, 5) is 37.6. The Balaban J connectivity index is 2.08. The van der Waals surface area contributed by atoms with E-state index in [9.17, 15) is 14.4 Å². The molecule has 0 radical (unpaired) electrons. The Morgan fingerprint density at radius 2 is 1.96 bits per heavy atom. The second-order valence-corrected chi connectivity index (χ2v) is 5.60. The Kier molecular flexibility index (Phi) is 6.06. The lowest BCUT2D eigenvalue weighted by molar-refractivity contribution is -0.130. The van der Waals surface area contributed by atoms with E-state index in [0.29, 0.717) is 12.2 Å². The molecule has 0 spiro atoms. The molecule has 0 atom stereocenters. The zero-order valence-corrected chi connectivity index (χ0v) is 14.0. The van der Waals surface area contributed by atoms with Crippen molar-refractivity contribution in [3.05, 3.63) is 30.3 Å². The third-order valence-corrected chi connectivity index (χ3v) is 3.58. The molecule has 0 bridgehead atoms. The van der Waals surface area contributed by atoms with Gasteiger partial charge in [0.15, 0.2) is 0 Å². The predicted molar refractivity (Wildman–Crippen MR) is 91.5 cm³/mol. The maximum Gasteiger partial charge on any atom is 0.270 e. The SMILES string of the molecule is CCCNC(=O)CN(C)C(=O)C1=NN(c2ccccc2)C(=O)CC1. The molecule has 1 aliphatic heterocycles. The minimum Gasteiger partial charge on any atom is -0.355 e. The molecule has 0 saturated carbocycles. The Labute approximate surface area is 141 Å². The molecule has 0 saturated heterocycles. The van der Waals surface area contributed by atoms with Gasteiger partial charge in [-0.3, -0.25) is 14.4 Å². The van der Waals surface area contributed by atoms with Gasteiger partial charge in [-0.1, -0.05) is 25.1 Å². The number of hydrogen-bond donors (Lipinski definition) is 1. The van der Waals surface area contributed by atoms with Gasteiger partial charge >= 0.3 is 0 Å². The highest BCUT2D eigenvalue weighted by atomic mass is 16.2. The first-order valence-electron chi connectivity index (χ1n) is 8.00. The molecule has 128 valence electrons. The molecule has 1 aliphatic rings. The standard InChI is InChI=1S/C17H22N4O3/c1-3-11-18-15(22)12-20(2)17(24)14-9-10-16(23)21(19-14)13-7-5-4-6-8-13/h4-8H,3,9-12H2,1-2H3,(H,18,22). The van der Waals surface area contributed by atoms with Crippen LogP contribution in [0.4, 0.5) is 5.69 Å². The fourth-order valence-corrected chi connectivity index (χ4v) is 2.31. The van der Waals surface area contributed by atoms with Gasteiger partial charge in [-0.25, -0.2) is 5.01 Å². The Morgan fingerprint density at radius 3 is 2.62 bits per heavy atom. The van der Waals surface area contributed by atoms with Gasteiger partial charge < -0.3 is 10.2 Å². The number of hydrazone groups is 1. The van der Waals surface area contributed by atoms with Crippen LogP contribution in [0.5, 0.6) is 0 Å². The number of amides is 3. The van der Waals surface area contributed by atoms with Crippen LogP contribution < -0.4 is 10.3 Å². The van der Waals surface area contributed by atoms with Crippen molar-refractivity contribution < 1.29 is 14.4 Å². The minimum absolute atomic E-state index is 0.0306. The Morgan fingerprint density at radius 1 is 1.25 bits per heavy atom. The van der Waals surface area contributed by atoms with Crippen molar-refractivity contribution in [2.45, 2.75) is 26.2 Å². The summed E-state index contributed by atoms with van der Waals surface area (Å²) in [6.07, 6.45) is 1.33. The number of carbonyl (C=O) groups excluding carboxylic acids is 3. The van der Waals surface area contributed by atoms with Crippen LogP contribution in [0.15, 0.2) is 35.4 Å². The van der Waals surface area contributed by atoms with Gasteiger partial charge in [0.25, 0.3) is 5.91 Å². The van der Waals surface area contributed by atoms with E-state index in [1.807, 2.05) is 13.0 Å². The molecule has 1 heterocycles. The number of para-hydroxylation sites is 1. The van der Waals surface area contributed by atoms with Crippen LogP contribution in [0.3, 0.4) is 0 Å². The summed E-state index contributed by atoms with van der Waals surface area (Å²) in [5.74, 6) is -0.698. The highest BCUT2D eigenvalue weighted by Crippen LogP contribution is 2.20. The van der Waals surface area contributed by atoms with Gasteiger partial charge in [0.1, 0.15) is 5.71 Å². The van der Waals surface area contributed by atoms with E-state index in [-0.39, 0.29) is 42.8 Å². The van der Waals surface area contributed by atoms with Crippen molar-refractivity contribution >= 4 is 29.1 Å². The van der Waals surface area contributed by atoms with Gasteiger partial charge in [0.05, 0.1) is 12.2 Å². The average Bonchev–Trinajstić information content (AvgIpc) is 2.60. The van der Waals surface area contributed by atoms with Crippen LogP contribution in [0.25, 0.3) is 0 Å². The maximum atomic E-state index is 12.5. The van der Waals surface area contributed by atoms with Crippen molar-refractivity contribution in [2.24, 2.45) is 5.10 Å². The molecule has 7 heteroatoms. The topological polar surface area (TPSA) is 82.1 Å². The number of hydrogen-bond acceptors (Lipinski definition) is 4. The molecule has 2 rings (SSSR count). The lowest BCUT2D eigenvalue weighted by atomic mass is 10.1. The van der Waals surface area contributed by atoms with E-state index in [1.165, 1.54) is 9.91 Å². The largest absolute Gasteiger partial charge is 0.355 e. The molecule has 1 aromatic carbocycles. The van der Waals surface area contributed by atoms with Gasteiger partial charge in [-0.15, -0.1) is 0 Å². The monoisotopic (exact) mass is 330 g/mol. The van der Waals surface area contributed by atoms with E-state index in [0.717, 1.165) is 6.42 Å². The highest BCUT2D eigenvalue weighted by molar-refractivity contribution is 6.40. The first kappa shape index (κ1) is 17.7. The molecule has 0 aromatic heterocycles. The minimum atomic E-state index is -0.338. The van der Waals surface area contributed by atoms with E-state index in [4.69, 9.17) is 0 Å². The third-order valence-electron chi connectivity index (χ3n) is 3.58. The zero-order valence-electron chi connectivity index (χ0n) is 14.0. The first-order valence-corrected chi connectivity index (χ1v) is 8.00. The second-order valence-electron chi connectivity index (χ2n) is 5.60. The maximum absolute atomic E-state index is 12.5. The van der Waals surface area contributed by atoms with Crippen molar-refractivity contribution in [1.29, 1.82) is 0 Å². The Hall–Kier alpha value is -2.70. The van der Waals surface area contributed by atoms with Gasteiger partial charge in [-0.2, -0.15) is 5.10 Å². The summed E-state index contributed by atoms with van der Waals surface area (Å²) in [7, 11) is 1.56. The summed E-state index contributed by atoms with van der Waals surface area (Å²) in [6.45, 7) is 2.51. The molecular weight excluding hydrogens is 308 g/mol. The zero-order chi connectivity index (χ0) is 17.5. The van der Waals surface area contributed by atoms with Crippen LogP contribution in [-0.4, -0.2) is 48.5 Å². The van der Waals surface area contributed by atoms with Crippen molar-refractivity contribution in [2.75, 3.05) is 25.1 Å². The van der Waals surface area contributed by atoms with Gasteiger partial charge in [0, 0.05) is 26.4 Å². The number of nitrogens with zero attached hydrogens (tertiary/aromatic N) is 3. The molecule has 24 heavy (non-hydrogen) atoms. The average molecular weight is 330 g/mol.